The summed E-state index contributed by atoms with van der Waals surface area (Å²) in [4.78, 5) is 13.8. The highest BCUT2D eigenvalue weighted by Gasteiger charge is 2.24. The Morgan fingerprint density at radius 3 is 2.17 bits per heavy atom. The van der Waals surface area contributed by atoms with Crippen LogP contribution in [0.1, 0.15) is 46.5 Å². The molecular weight excluding hydrogens is 224 g/mol. The van der Waals surface area contributed by atoms with Crippen LogP contribution in [0.4, 0.5) is 0 Å². The summed E-state index contributed by atoms with van der Waals surface area (Å²) >= 11 is 0. The summed E-state index contributed by atoms with van der Waals surface area (Å²) < 4.78 is 0. The summed E-state index contributed by atoms with van der Waals surface area (Å²) in [6.07, 6.45) is 4.82. The second-order valence-corrected chi connectivity index (χ2v) is 5.38. The molecule has 0 aromatic rings. The predicted molar refractivity (Wildman–Crippen MR) is 76.8 cm³/mol. The van der Waals surface area contributed by atoms with Crippen molar-refractivity contribution in [1.29, 1.82) is 0 Å². The zero-order valence-electron chi connectivity index (χ0n) is 12.4. The number of hydrogen-bond acceptors (Lipinski definition) is 3. The van der Waals surface area contributed by atoms with E-state index in [-0.39, 0.29) is 0 Å². The van der Waals surface area contributed by atoms with E-state index in [1.54, 1.807) is 6.92 Å². The number of rotatable bonds is 3. The van der Waals surface area contributed by atoms with E-state index in [2.05, 4.69) is 10.2 Å². The number of Topliss-reactive ketones (excluding diaryl/α,β-unsaturated/α-hetero) is 1. The summed E-state index contributed by atoms with van der Waals surface area (Å²) in [5, 5.41) is 3.41. The molecule has 0 spiro atoms. The molecule has 0 aliphatic carbocycles. The molecule has 0 aromatic carbocycles. The summed E-state index contributed by atoms with van der Waals surface area (Å²) in [7, 11) is 0. The van der Waals surface area contributed by atoms with Crippen LogP contribution >= 0.6 is 0 Å². The Kier molecular flexibility index (Phi) is 7.52. The number of likely N-dealkylation sites (tertiary alicyclic amines) is 1. The number of nitrogens with zero attached hydrogens (tertiary/aromatic N) is 1. The molecule has 106 valence electrons. The molecule has 3 nitrogen and oxygen atoms in total. The molecule has 2 saturated heterocycles. The highest BCUT2D eigenvalue weighted by molar-refractivity contribution is 5.78. The normalized spacial score (nSPS) is 23.3. The van der Waals surface area contributed by atoms with Gasteiger partial charge in [-0.15, -0.1) is 0 Å². The van der Waals surface area contributed by atoms with Gasteiger partial charge >= 0.3 is 0 Å². The van der Waals surface area contributed by atoms with Crippen LogP contribution in [0.15, 0.2) is 0 Å². The maximum absolute atomic E-state index is 11.3. The van der Waals surface area contributed by atoms with Crippen LogP contribution in [0.5, 0.6) is 0 Å². The molecular formula is C15H30N2O. The van der Waals surface area contributed by atoms with Gasteiger partial charge in [0.15, 0.2) is 0 Å². The second-order valence-electron chi connectivity index (χ2n) is 5.38. The van der Waals surface area contributed by atoms with Gasteiger partial charge in [-0.1, -0.05) is 13.8 Å². The van der Waals surface area contributed by atoms with Crippen LogP contribution in [-0.2, 0) is 4.79 Å². The minimum absolute atomic E-state index is 0.351. The van der Waals surface area contributed by atoms with Crippen molar-refractivity contribution in [2.75, 3.05) is 32.7 Å². The summed E-state index contributed by atoms with van der Waals surface area (Å²) in [6.45, 7) is 11.6. The first kappa shape index (κ1) is 15.6. The van der Waals surface area contributed by atoms with Crippen LogP contribution in [0.25, 0.3) is 0 Å². The molecule has 2 rings (SSSR count). The lowest BCUT2D eigenvalue weighted by Crippen LogP contribution is -2.41. The molecule has 2 aliphatic rings. The maximum atomic E-state index is 11.3. The first-order valence-corrected chi connectivity index (χ1v) is 7.69. The van der Waals surface area contributed by atoms with E-state index >= 15 is 0 Å². The molecule has 1 N–H and O–H groups in total. The zero-order valence-corrected chi connectivity index (χ0v) is 12.4. The van der Waals surface area contributed by atoms with E-state index in [9.17, 15) is 4.79 Å². The molecule has 2 fully saturated rings. The predicted octanol–water partition coefficient (Wildman–Crippen LogP) is 2.31. The van der Waals surface area contributed by atoms with Crippen LogP contribution < -0.4 is 5.32 Å². The number of piperidine rings is 2. The Morgan fingerprint density at radius 2 is 1.67 bits per heavy atom. The van der Waals surface area contributed by atoms with Crippen molar-refractivity contribution in [2.45, 2.75) is 46.5 Å². The Hall–Kier alpha value is -0.410. The Balaban J connectivity index is 0.000000771. The van der Waals surface area contributed by atoms with E-state index in [0.717, 1.165) is 31.8 Å². The zero-order chi connectivity index (χ0) is 13.4. The minimum atomic E-state index is 0.351. The summed E-state index contributed by atoms with van der Waals surface area (Å²) in [5.41, 5.74) is 0. The third-order valence-corrected chi connectivity index (χ3v) is 4.14. The first-order chi connectivity index (χ1) is 8.75. The van der Waals surface area contributed by atoms with Gasteiger partial charge in [-0.2, -0.15) is 0 Å². The number of ketones is 1. The van der Waals surface area contributed by atoms with E-state index in [1.165, 1.54) is 32.5 Å². The Bertz CT molecular complexity index is 229. The van der Waals surface area contributed by atoms with Crippen molar-refractivity contribution >= 4 is 5.78 Å². The van der Waals surface area contributed by atoms with Crippen molar-refractivity contribution in [2.24, 2.45) is 11.8 Å². The summed E-state index contributed by atoms with van der Waals surface area (Å²) in [5.74, 6) is 1.63. The van der Waals surface area contributed by atoms with Crippen molar-refractivity contribution in [3.63, 3.8) is 0 Å². The second kappa shape index (κ2) is 8.65. The average molecular weight is 254 g/mol. The fourth-order valence-electron chi connectivity index (χ4n) is 2.95. The molecule has 2 heterocycles. The standard InChI is InChI=1S/C13H24N2O.C2H6/c1-11(16)13-4-8-15(9-5-13)10-12-2-6-14-7-3-12;1-2/h12-14H,2-10H2,1H3;1-2H3. The van der Waals surface area contributed by atoms with Crippen LogP contribution in [0.3, 0.4) is 0 Å². The molecule has 0 bridgehead atoms. The van der Waals surface area contributed by atoms with Gasteiger partial charge in [0, 0.05) is 12.5 Å². The largest absolute Gasteiger partial charge is 0.317 e. The van der Waals surface area contributed by atoms with Crippen LogP contribution in [0.2, 0.25) is 0 Å². The van der Waals surface area contributed by atoms with Crippen LogP contribution in [0, 0.1) is 11.8 Å². The Morgan fingerprint density at radius 1 is 1.11 bits per heavy atom. The van der Waals surface area contributed by atoms with Gasteiger partial charge in [0.2, 0.25) is 0 Å². The minimum Gasteiger partial charge on any atom is -0.317 e. The molecule has 0 unspecified atom stereocenters. The van der Waals surface area contributed by atoms with Gasteiger partial charge in [0.25, 0.3) is 0 Å². The lowest BCUT2D eigenvalue weighted by molar-refractivity contribution is -0.122. The highest BCUT2D eigenvalue weighted by atomic mass is 16.1. The van der Waals surface area contributed by atoms with E-state index in [0.29, 0.717) is 11.7 Å². The average Bonchev–Trinajstić information content (AvgIpc) is 2.43. The van der Waals surface area contributed by atoms with Gasteiger partial charge in [0.05, 0.1) is 0 Å². The lowest BCUT2D eigenvalue weighted by atomic mass is 9.91. The number of hydrogen-bond donors (Lipinski definition) is 1. The third-order valence-electron chi connectivity index (χ3n) is 4.14. The lowest BCUT2D eigenvalue weighted by Gasteiger charge is -2.34. The van der Waals surface area contributed by atoms with E-state index < -0.39 is 0 Å². The van der Waals surface area contributed by atoms with Crippen molar-refractivity contribution in [3.8, 4) is 0 Å². The molecule has 18 heavy (non-hydrogen) atoms. The van der Waals surface area contributed by atoms with Crippen LogP contribution in [-0.4, -0.2) is 43.4 Å². The topological polar surface area (TPSA) is 32.3 Å². The van der Waals surface area contributed by atoms with Gasteiger partial charge in [-0.25, -0.2) is 0 Å². The highest BCUT2D eigenvalue weighted by Crippen LogP contribution is 2.21. The monoisotopic (exact) mass is 254 g/mol. The smallest absolute Gasteiger partial charge is 0.133 e. The molecule has 3 heteroatoms. The number of carbonyl (C=O) groups is 1. The first-order valence-electron chi connectivity index (χ1n) is 7.69. The van der Waals surface area contributed by atoms with Gasteiger partial charge in [-0.05, 0) is 64.7 Å². The van der Waals surface area contributed by atoms with Crippen molar-refractivity contribution in [1.82, 2.24) is 10.2 Å². The van der Waals surface area contributed by atoms with Gasteiger partial charge < -0.3 is 10.2 Å². The molecule has 0 amide bonds. The molecule has 0 saturated carbocycles. The van der Waals surface area contributed by atoms with E-state index in [4.69, 9.17) is 0 Å². The fraction of sp³-hybridized carbons (Fsp3) is 0.933. The molecule has 0 aromatic heterocycles. The number of nitrogens with one attached hydrogen (secondary N) is 1. The van der Waals surface area contributed by atoms with E-state index in [1.807, 2.05) is 13.8 Å². The Labute approximate surface area is 112 Å². The molecule has 0 radical (unpaired) electrons. The summed E-state index contributed by atoms with van der Waals surface area (Å²) in [6, 6.07) is 0. The van der Waals surface area contributed by atoms with Gasteiger partial charge in [-0.3, -0.25) is 4.79 Å². The quantitative estimate of drug-likeness (QED) is 0.839. The van der Waals surface area contributed by atoms with Gasteiger partial charge in [0.1, 0.15) is 5.78 Å². The molecule has 0 atom stereocenters. The maximum Gasteiger partial charge on any atom is 0.133 e. The SMILES string of the molecule is CC.CC(=O)C1CCN(CC2CCNCC2)CC1. The van der Waals surface area contributed by atoms with Crippen molar-refractivity contribution < 1.29 is 4.79 Å². The third kappa shape index (κ3) is 5.07. The van der Waals surface area contributed by atoms with Crippen molar-refractivity contribution in [3.05, 3.63) is 0 Å². The molecule has 2 aliphatic heterocycles. The fourth-order valence-corrected chi connectivity index (χ4v) is 2.95. The number of carbonyl (C=O) groups excluding carboxylic acids is 1.